The van der Waals surface area contributed by atoms with Crippen LogP contribution in [-0.2, 0) is 11.8 Å². The first kappa shape index (κ1) is 13.0. The third-order valence-corrected chi connectivity index (χ3v) is 2.61. The lowest BCUT2D eigenvalue weighted by molar-refractivity contribution is -0.137. The lowest BCUT2D eigenvalue weighted by Gasteiger charge is -2.25. The number of hydrogen-bond acceptors (Lipinski definition) is 1. The van der Waals surface area contributed by atoms with Crippen LogP contribution in [-0.4, -0.2) is 6.04 Å². The van der Waals surface area contributed by atoms with Crippen LogP contribution in [0.5, 0.6) is 0 Å². The summed E-state index contributed by atoms with van der Waals surface area (Å²) in [4.78, 5) is 0. The van der Waals surface area contributed by atoms with Gasteiger partial charge in [-0.1, -0.05) is 12.1 Å². The maximum Gasteiger partial charge on any atom is 0.416 e. The highest BCUT2D eigenvalue weighted by Crippen LogP contribution is 2.34. The van der Waals surface area contributed by atoms with E-state index >= 15 is 0 Å². The van der Waals surface area contributed by atoms with Crippen molar-refractivity contribution in [3.63, 3.8) is 0 Å². The van der Waals surface area contributed by atoms with E-state index in [0.717, 1.165) is 12.1 Å². The van der Waals surface area contributed by atoms with Crippen molar-refractivity contribution >= 4 is 0 Å². The number of halogens is 4. The standard InChI is InChI=1S/C11H13F4N/c1-7(16)10(2,12)8-4-3-5-9(6-8)11(13,14)15/h3-7H,16H2,1-2H3. The first-order valence-electron chi connectivity index (χ1n) is 4.78. The van der Waals surface area contributed by atoms with Gasteiger partial charge in [-0.2, -0.15) is 13.2 Å². The highest BCUT2D eigenvalue weighted by Gasteiger charge is 2.35. The Labute approximate surface area is 91.3 Å². The SMILES string of the molecule is CC(N)C(C)(F)c1cccc(C(F)(F)F)c1. The van der Waals surface area contributed by atoms with Gasteiger partial charge in [0.1, 0.15) is 5.67 Å². The number of hydrogen-bond donors (Lipinski definition) is 1. The van der Waals surface area contributed by atoms with Crippen LogP contribution < -0.4 is 5.73 Å². The van der Waals surface area contributed by atoms with E-state index in [1.165, 1.54) is 26.0 Å². The van der Waals surface area contributed by atoms with Gasteiger partial charge in [0.15, 0.2) is 0 Å². The topological polar surface area (TPSA) is 26.0 Å². The fourth-order valence-corrected chi connectivity index (χ4v) is 1.26. The van der Waals surface area contributed by atoms with Gasteiger partial charge in [0, 0.05) is 6.04 Å². The van der Waals surface area contributed by atoms with Crippen molar-refractivity contribution in [3.05, 3.63) is 35.4 Å². The van der Waals surface area contributed by atoms with E-state index in [9.17, 15) is 17.6 Å². The van der Waals surface area contributed by atoms with Gasteiger partial charge in [0.25, 0.3) is 0 Å². The molecule has 1 nitrogen and oxygen atoms in total. The Kier molecular flexibility index (Phi) is 3.28. The predicted molar refractivity (Wildman–Crippen MR) is 53.6 cm³/mol. The molecule has 0 radical (unpaired) electrons. The lowest BCUT2D eigenvalue weighted by Crippen LogP contribution is -2.37. The molecule has 0 aliphatic rings. The van der Waals surface area contributed by atoms with Gasteiger partial charge < -0.3 is 5.73 Å². The Balaban J connectivity index is 3.18. The molecule has 0 aliphatic carbocycles. The smallest absolute Gasteiger partial charge is 0.325 e. The third-order valence-electron chi connectivity index (χ3n) is 2.61. The van der Waals surface area contributed by atoms with Gasteiger partial charge in [-0.25, -0.2) is 4.39 Å². The van der Waals surface area contributed by atoms with Gasteiger partial charge in [-0.3, -0.25) is 0 Å². The maximum absolute atomic E-state index is 14.0. The maximum atomic E-state index is 14.0. The normalized spacial score (nSPS) is 17.9. The first-order chi connectivity index (χ1) is 7.15. The molecule has 0 bridgehead atoms. The molecule has 1 rings (SSSR count). The molecule has 0 aliphatic heterocycles. The zero-order chi connectivity index (χ0) is 12.6. The lowest BCUT2D eigenvalue weighted by atomic mass is 9.90. The van der Waals surface area contributed by atoms with Crippen LogP contribution >= 0.6 is 0 Å². The number of nitrogens with two attached hydrogens (primary N) is 1. The molecule has 0 spiro atoms. The van der Waals surface area contributed by atoms with E-state index in [4.69, 9.17) is 5.73 Å². The monoisotopic (exact) mass is 235 g/mol. The van der Waals surface area contributed by atoms with E-state index in [0.29, 0.717) is 0 Å². The first-order valence-corrected chi connectivity index (χ1v) is 4.78. The summed E-state index contributed by atoms with van der Waals surface area (Å²) in [5, 5.41) is 0. The summed E-state index contributed by atoms with van der Waals surface area (Å²) >= 11 is 0. The van der Waals surface area contributed by atoms with Crippen LogP contribution in [0.3, 0.4) is 0 Å². The minimum Gasteiger partial charge on any atom is -0.325 e. The zero-order valence-corrected chi connectivity index (χ0v) is 8.98. The second-order valence-electron chi connectivity index (χ2n) is 3.94. The Morgan fingerprint density at radius 2 is 1.62 bits per heavy atom. The predicted octanol–water partition coefficient (Wildman–Crippen LogP) is 3.24. The second kappa shape index (κ2) is 4.05. The zero-order valence-electron chi connectivity index (χ0n) is 8.98. The summed E-state index contributed by atoms with van der Waals surface area (Å²) in [6.07, 6.45) is -4.47. The third kappa shape index (κ3) is 2.52. The molecule has 0 heterocycles. The Bertz CT molecular complexity index is 368. The molecule has 90 valence electrons. The van der Waals surface area contributed by atoms with Crippen LogP contribution in [0.2, 0.25) is 0 Å². The summed E-state index contributed by atoms with van der Waals surface area (Å²) in [5.41, 5.74) is 2.51. The molecule has 0 aromatic heterocycles. The summed E-state index contributed by atoms with van der Waals surface area (Å²) in [7, 11) is 0. The molecule has 0 fully saturated rings. The van der Waals surface area contributed by atoms with E-state index in [2.05, 4.69) is 0 Å². The van der Waals surface area contributed by atoms with Crippen molar-refractivity contribution in [2.24, 2.45) is 5.73 Å². The highest BCUT2D eigenvalue weighted by molar-refractivity contribution is 5.30. The van der Waals surface area contributed by atoms with Crippen LogP contribution in [0.4, 0.5) is 17.6 Å². The fourth-order valence-electron chi connectivity index (χ4n) is 1.26. The number of rotatable bonds is 2. The van der Waals surface area contributed by atoms with E-state index in [-0.39, 0.29) is 5.56 Å². The fraction of sp³-hybridized carbons (Fsp3) is 0.455. The molecule has 1 aromatic carbocycles. The van der Waals surface area contributed by atoms with Gasteiger partial charge in [0.05, 0.1) is 5.56 Å². The van der Waals surface area contributed by atoms with E-state index < -0.39 is 23.5 Å². The van der Waals surface area contributed by atoms with Crippen molar-refractivity contribution in [1.29, 1.82) is 0 Å². The van der Waals surface area contributed by atoms with Crippen LogP contribution in [0.15, 0.2) is 24.3 Å². The molecule has 2 N–H and O–H groups in total. The number of benzene rings is 1. The van der Waals surface area contributed by atoms with Crippen molar-refractivity contribution in [2.45, 2.75) is 31.7 Å². The van der Waals surface area contributed by atoms with Gasteiger partial charge in [-0.05, 0) is 31.5 Å². The Hall–Kier alpha value is -1.10. The molecule has 5 heteroatoms. The van der Waals surface area contributed by atoms with Crippen molar-refractivity contribution in [1.82, 2.24) is 0 Å². The quantitative estimate of drug-likeness (QED) is 0.782. The van der Waals surface area contributed by atoms with Gasteiger partial charge >= 0.3 is 6.18 Å². The molecule has 0 saturated heterocycles. The van der Waals surface area contributed by atoms with E-state index in [1.54, 1.807) is 0 Å². The van der Waals surface area contributed by atoms with Crippen molar-refractivity contribution in [3.8, 4) is 0 Å². The largest absolute Gasteiger partial charge is 0.416 e. The second-order valence-corrected chi connectivity index (χ2v) is 3.94. The summed E-state index contributed by atoms with van der Waals surface area (Å²) < 4.78 is 51.2. The molecule has 2 unspecified atom stereocenters. The van der Waals surface area contributed by atoms with Crippen LogP contribution in [0.1, 0.15) is 25.0 Å². The molecule has 16 heavy (non-hydrogen) atoms. The van der Waals surface area contributed by atoms with E-state index in [1.807, 2.05) is 0 Å². The van der Waals surface area contributed by atoms with Crippen LogP contribution in [0.25, 0.3) is 0 Å². The molecular weight excluding hydrogens is 222 g/mol. The molecule has 0 amide bonds. The Morgan fingerprint density at radius 3 is 2.06 bits per heavy atom. The molecule has 1 aromatic rings. The van der Waals surface area contributed by atoms with Crippen molar-refractivity contribution in [2.75, 3.05) is 0 Å². The minimum atomic E-state index is -4.47. The number of alkyl halides is 4. The average Bonchev–Trinajstić information content (AvgIpc) is 2.16. The molecule has 0 saturated carbocycles. The van der Waals surface area contributed by atoms with Crippen molar-refractivity contribution < 1.29 is 17.6 Å². The summed E-state index contributed by atoms with van der Waals surface area (Å²) in [6, 6.07) is 3.30. The average molecular weight is 235 g/mol. The summed E-state index contributed by atoms with van der Waals surface area (Å²) in [5.74, 6) is 0. The highest BCUT2D eigenvalue weighted by atomic mass is 19.4. The minimum absolute atomic E-state index is 0.0580. The molecule has 2 atom stereocenters. The molecular formula is C11H13F4N. The van der Waals surface area contributed by atoms with Gasteiger partial charge in [-0.15, -0.1) is 0 Å². The Morgan fingerprint density at radius 1 is 1.12 bits per heavy atom. The van der Waals surface area contributed by atoms with Gasteiger partial charge in [0.2, 0.25) is 0 Å². The summed E-state index contributed by atoms with van der Waals surface area (Å²) in [6.45, 7) is 2.59. The van der Waals surface area contributed by atoms with Crippen LogP contribution in [0, 0.1) is 0 Å².